The average Bonchev–Trinajstić information content (AvgIpc) is 1.99. The fraction of sp³-hybridized carbons (Fsp3) is 0.111. The van der Waals surface area contributed by atoms with Gasteiger partial charge in [0.05, 0.1) is 0 Å². The summed E-state index contributed by atoms with van der Waals surface area (Å²) in [4.78, 5) is 0. The van der Waals surface area contributed by atoms with Crippen LogP contribution >= 0.6 is 31.9 Å². The number of hydrogen-bond acceptors (Lipinski definition) is 0. The molecule has 58 valence electrons. The molecule has 0 nitrogen and oxygen atoms in total. The molecule has 0 spiro atoms. The van der Waals surface area contributed by atoms with Crippen molar-refractivity contribution in [3.8, 4) is 0 Å². The van der Waals surface area contributed by atoms with Gasteiger partial charge in [-0.1, -0.05) is 44.5 Å². The van der Waals surface area contributed by atoms with Gasteiger partial charge in [0, 0.05) is 8.95 Å². The van der Waals surface area contributed by atoms with Crippen LogP contribution in [0.2, 0.25) is 0 Å². The van der Waals surface area contributed by atoms with Gasteiger partial charge in [-0.25, -0.2) is 0 Å². The normalized spacial score (nSPS) is 9.73. The summed E-state index contributed by atoms with van der Waals surface area (Å²) in [7, 11) is 0. The molecule has 1 aromatic rings. The predicted octanol–water partition coefficient (Wildman–Crippen LogP) is 4.16. The van der Waals surface area contributed by atoms with Crippen LogP contribution in [0.1, 0.15) is 11.1 Å². The fourth-order valence-corrected chi connectivity index (χ4v) is 2.00. The highest BCUT2D eigenvalue weighted by molar-refractivity contribution is 9.11. The Balaban J connectivity index is 3.31. The molecular weight excluding hydrogens is 268 g/mol. The van der Waals surface area contributed by atoms with E-state index in [0.29, 0.717) is 0 Å². The summed E-state index contributed by atoms with van der Waals surface area (Å²) in [6.45, 7) is 5.76. The maximum atomic E-state index is 3.70. The van der Waals surface area contributed by atoms with E-state index in [0.717, 1.165) is 14.5 Å². The van der Waals surface area contributed by atoms with Crippen LogP contribution in [0.3, 0.4) is 0 Å². The van der Waals surface area contributed by atoms with Crippen molar-refractivity contribution in [1.29, 1.82) is 0 Å². The van der Waals surface area contributed by atoms with Crippen molar-refractivity contribution in [2.24, 2.45) is 0 Å². The molecule has 0 fully saturated rings. The van der Waals surface area contributed by atoms with Gasteiger partial charge in [0.1, 0.15) is 0 Å². The zero-order valence-corrected chi connectivity index (χ0v) is 9.37. The van der Waals surface area contributed by atoms with Gasteiger partial charge in [-0.05, 0) is 30.2 Å². The second-order valence-electron chi connectivity index (χ2n) is 2.31. The van der Waals surface area contributed by atoms with E-state index in [9.17, 15) is 0 Å². The Morgan fingerprint density at radius 3 is 2.09 bits per heavy atom. The summed E-state index contributed by atoms with van der Waals surface area (Å²) in [6.07, 6.45) is 1.83. The van der Waals surface area contributed by atoms with Crippen LogP contribution in [-0.4, -0.2) is 0 Å². The van der Waals surface area contributed by atoms with E-state index in [-0.39, 0.29) is 0 Å². The van der Waals surface area contributed by atoms with E-state index in [4.69, 9.17) is 0 Å². The largest absolute Gasteiger partial charge is 0.0985 e. The molecule has 1 rings (SSSR count). The van der Waals surface area contributed by atoms with E-state index < -0.39 is 0 Å². The lowest BCUT2D eigenvalue weighted by atomic mass is 10.1. The standard InChI is InChI=1S/C9H8Br2/c1-3-7-4-8(10)6(2)9(11)5-7/h3-5H,1H2,2H3. The van der Waals surface area contributed by atoms with Gasteiger partial charge in [0.25, 0.3) is 0 Å². The number of rotatable bonds is 1. The Hall–Kier alpha value is -0.0800. The molecule has 0 aliphatic rings. The highest BCUT2D eigenvalue weighted by Gasteiger charge is 1.99. The third kappa shape index (κ3) is 1.94. The molecule has 0 bridgehead atoms. The van der Waals surface area contributed by atoms with Crippen molar-refractivity contribution >= 4 is 37.9 Å². The second-order valence-corrected chi connectivity index (χ2v) is 4.02. The van der Waals surface area contributed by atoms with Crippen LogP contribution in [-0.2, 0) is 0 Å². The molecule has 0 radical (unpaired) electrons. The molecule has 0 saturated heterocycles. The van der Waals surface area contributed by atoms with E-state index in [2.05, 4.69) is 45.4 Å². The molecule has 0 atom stereocenters. The minimum absolute atomic E-state index is 1.11. The summed E-state index contributed by atoms with van der Waals surface area (Å²) in [5, 5.41) is 0. The van der Waals surface area contributed by atoms with Crippen LogP contribution in [0.15, 0.2) is 27.7 Å². The molecule has 0 aromatic heterocycles. The number of hydrogen-bond donors (Lipinski definition) is 0. The minimum atomic E-state index is 1.11. The van der Waals surface area contributed by atoms with E-state index in [1.807, 2.05) is 18.2 Å². The van der Waals surface area contributed by atoms with E-state index in [1.165, 1.54) is 5.56 Å². The Bertz CT molecular complexity index is 267. The van der Waals surface area contributed by atoms with Crippen LogP contribution in [0.4, 0.5) is 0 Å². The first-order chi connectivity index (χ1) is 5.15. The van der Waals surface area contributed by atoms with Crippen molar-refractivity contribution in [1.82, 2.24) is 0 Å². The second kappa shape index (κ2) is 3.55. The quantitative estimate of drug-likeness (QED) is 0.722. The molecule has 0 aliphatic carbocycles. The molecule has 0 heterocycles. The summed E-state index contributed by atoms with van der Waals surface area (Å²) >= 11 is 6.92. The third-order valence-electron chi connectivity index (χ3n) is 1.54. The summed E-state index contributed by atoms with van der Waals surface area (Å²) in [5.41, 5.74) is 2.34. The van der Waals surface area contributed by atoms with Crippen LogP contribution in [0.5, 0.6) is 0 Å². The highest BCUT2D eigenvalue weighted by atomic mass is 79.9. The van der Waals surface area contributed by atoms with Crippen molar-refractivity contribution in [2.45, 2.75) is 6.92 Å². The highest BCUT2D eigenvalue weighted by Crippen LogP contribution is 2.26. The molecule has 0 aliphatic heterocycles. The molecule has 0 N–H and O–H groups in total. The predicted molar refractivity (Wildman–Crippen MR) is 56.7 cm³/mol. The first-order valence-electron chi connectivity index (χ1n) is 3.23. The number of benzene rings is 1. The van der Waals surface area contributed by atoms with E-state index >= 15 is 0 Å². The summed E-state index contributed by atoms with van der Waals surface area (Å²) in [5.74, 6) is 0. The summed E-state index contributed by atoms with van der Waals surface area (Å²) < 4.78 is 2.23. The third-order valence-corrected chi connectivity index (χ3v) is 3.19. The zero-order chi connectivity index (χ0) is 8.43. The van der Waals surface area contributed by atoms with E-state index in [1.54, 1.807) is 0 Å². The van der Waals surface area contributed by atoms with Crippen LogP contribution < -0.4 is 0 Å². The van der Waals surface area contributed by atoms with Crippen LogP contribution in [0, 0.1) is 6.92 Å². The average molecular weight is 276 g/mol. The Kier molecular flexibility index (Phi) is 2.90. The maximum Gasteiger partial charge on any atom is 0.0221 e. The Morgan fingerprint density at radius 2 is 1.73 bits per heavy atom. The molecule has 0 saturated carbocycles. The van der Waals surface area contributed by atoms with Crippen LogP contribution in [0.25, 0.3) is 6.08 Å². The van der Waals surface area contributed by atoms with Crippen molar-refractivity contribution in [2.75, 3.05) is 0 Å². The van der Waals surface area contributed by atoms with Gasteiger partial charge in [-0.15, -0.1) is 0 Å². The zero-order valence-electron chi connectivity index (χ0n) is 6.20. The van der Waals surface area contributed by atoms with Gasteiger partial charge >= 0.3 is 0 Å². The lowest BCUT2D eigenvalue weighted by Gasteiger charge is -2.02. The van der Waals surface area contributed by atoms with Gasteiger partial charge in [-0.3, -0.25) is 0 Å². The minimum Gasteiger partial charge on any atom is -0.0985 e. The Labute approximate surface area is 83.6 Å². The van der Waals surface area contributed by atoms with Crippen molar-refractivity contribution in [3.63, 3.8) is 0 Å². The molecular formula is C9H8Br2. The van der Waals surface area contributed by atoms with Gasteiger partial charge in [0.2, 0.25) is 0 Å². The Morgan fingerprint density at radius 1 is 1.27 bits per heavy atom. The topological polar surface area (TPSA) is 0 Å². The van der Waals surface area contributed by atoms with Crippen molar-refractivity contribution < 1.29 is 0 Å². The maximum absolute atomic E-state index is 3.70. The van der Waals surface area contributed by atoms with Gasteiger partial charge < -0.3 is 0 Å². The smallest absolute Gasteiger partial charge is 0.0221 e. The molecule has 1 aromatic carbocycles. The SMILES string of the molecule is C=Cc1cc(Br)c(C)c(Br)c1. The molecule has 2 heteroatoms. The first kappa shape index (κ1) is 9.01. The monoisotopic (exact) mass is 274 g/mol. The number of halogens is 2. The molecule has 0 unspecified atom stereocenters. The summed E-state index contributed by atoms with van der Waals surface area (Å²) in [6, 6.07) is 4.10. The van der Waals surface area contributed by atoms with Gasteiger partial charge in [0.15, 0.2) is 0 Å². The molecule has 11 heavy (non-hydrogen) atoms. The first-order valence-corrected chi connectivity index (χ1v) is 4.82. The van der Waals surface area contributed by atoms with Gasteiger partial charge in [-0.2, -0.15) is 0 Å². The van der Waals surface area contributed by atoms with Crippen molar-refractivity contribution in [3.05, 3.63) is 38.8 Å². The lowest BCUT2D eigenvalue weighted by molar-refractivity contribution is 1.38. The lowest BCUT2D eigenvalue weighted by Crippen LogP contribution is -1.80. The molecule has 0 amide bonds. The fourth-order valence-electron chi connectivity index (χ4n) is 0.783.